The van der Waals surface area contributed by atoms with E-state index < -0.39 is 0 Å². The van der Waals surface area contributed by atoms with Crippen molar-refractivity contribution in [3.8, 4) is 5.88 Å². The summed E-state index contributed by atoms with van der Waals surface area (Å²) >= 11 is 0. The van der Waals surface area contributed by atoms with E-state index in [1.807, 2.05) is 30.3 Å². The van der Waals surface area contributed by atoms with Crippen molar-refractivity contribution < 1.29 is 5.11 Å². The zero-order valence-electron chi connectivity index (χ0n) is 9.40. The Bertz CT molecular complexity index is 564. The SMILES string of the molecule is CCc1c(O)nc(Nc2ccccc2)[nH]c1=O. The third kappa shape index (κ3) is 2.44. The van der Waals surface area contributed by atoms with E-state index in [2.05, 4.69) is 15.3 Å². The van der Waals surface area contributed by atoms with E-state index in [-0.39, 0.29) is 17.4 Å². The average Bonchev–Trinajstić information content (AvgIpc) is 2.30. The van der Waals surface area contributed by atoms with Crippen molar-refractivity contribution in [3.63, 3.8) is 0 Å². The predicted molar refractivity (Wildman–Crippen MR) is 65.6 cm³/mol. The highest BCUT2D eigenvalue weighted by Crippen LogP contribution is 2.15. The second-order valence-electron chi connectivity index (χ2n) is 3.56. The highest BCUT2D eigenvalue weighted by molar-refractivity contribution is 5.53. The second-order valence-corrected chi connectivity index (χ2v) is 3.56. The molecule has 1 aromatic heterocycles. The van der Waals surface area contributed by atoms with Crippen LogP contribution < -0.4 is 10.9 Å². The Morgan fingerprint density at radius 1 is 1.35 bits per heavy atom. The molecule has 0 radical (unpaired) electrons. The Morgan fingerprint density at radius 3 is 2.65 bits per heavy atom. The molecule has 0 aliphatic heterocycles. The van der Waals surface area contributed by atoms with Gasteiger partial charge in [-0.15, -0.1) is 0 Å². The molecule has 17 heavy (non-hydrogen) atoms. The van der Waals surface area contributed by atoms with Crippen LogP contribution in [0.1, 0.15) is 12.5 Å². The summed E-state index contributed by atoms with van der Waals surface area (Å²) in [6.45, 7) is 1.79. The third-order valence-corrected chi connectivity index (χ3v) is 2.38. The molecule has 0 amide bonds. The fourth-order valence-corrected chi connectivity index (χ4v) is 1.52. The molecule has 0 saturated carbocycles. The number of nitrogens with one attached hydrogen (secondary N) is 2. The maximum absolute atomic E-state index is 11.6. The van der Waals surface area contributed by atoms with Gasteiger partial charge in [-0.05, 0) is 18.6 Å². The minimum Gasteiger partial charge on any atom is -0.493 e. The van der Waals surface area contributed by atoms with Gasteiger partial charge in [0, 0.05) is 5.69 Å². The summed E-state index contributed by atoms with van der Waals surface area (Å²) in [4.78, 5) is 18.1. The van der Waals surface area contributed by atoms with Crippen molar-refractivity contribution in [2.75, 3.05) is 5.32 Å². The molecular weight excluding hydrogens is 218 g/mol. The molecule has 5 nitrogen and oxygen atoms in total. The number of para-hydroxylation sites is 1. The van der Waals surface area contributed by atoms with Crippen molar-refractivity contribution in [2.24, 2.45) is 0 Å². The van der Waals surface area contributed by atoms with Crippen LogP contribution in [0.25, 0.3) is 0 Å². The lowest BCUT2D eigenvalue weighted by Gasteiger charge is -2.06. The molecule has 0 saturated heterocycles. The number of benzene rings is 1. The maximum Gasteiger partial charge on any atom is 0.259 e. The van der Waals surface area contributed by atoms with Crippen molar-refractivity contribution in [2.45, 2.75) is 13.3 Å². The van der Waals surface area contributed by atoms with Crippen molar-refractivity contribution in [1.82, 2.24) is 9.97 Å². The van der Waals surface area contributed by atoms with Gasteiger partial charge in [-0.1, -0.05) is 25.1 Å². The van der Waals surface area contributed by atoms with Crippen molar-refractivity contribution in [1.29, 1.82) is 0 Å². The lowest BCUT2D eigenvalue weighted by molar-refractivity contribution is 0.445. The summed E-state index contributed by atoms with van der Waals surface area (Å²) in [6.07, 6.45) is 0.444. The number of anilines is 2. The zero-order valence-corrected chi connectivity index (χ0v) is 9.40. The average molecular weight is 231 g/mol. The Hall–Kier alpha value is -2.30. The van der Waals surface area contributed by atoms with Gasteiger partial charge in [0.05, 0.1) is 5.56 Å². The topological polar surface area (TPSA) is 78.0 Å². The fourth-order valence-electron chi connectivity index (χ4n) is 1.52. The third-order valence-electron chi connectivity index (χ3n) is 2.38. The van der Waals surface area contributed by atoms with E-state index in [0.29, 0.717) is 12.0 Å². The Kier molecular flexibility index (Phi) is 3.09. The van der Waals surface area contributed by atoms with Crippen LogP contribution in [0, 0.1) is 0 Å². The van der Waals surface area contributed by atoms with Crippen LogP contribution in [0.15, 0.2) is 35.1 Å². The molecule has 2 aromatic rings. The van der Waals surface area contributed by atoms with Crippen LogP contribution >= 0.6 is 0 Å². The number of rotatable bonds is 3. The van der Waals surface area contributed by atoms with E-state index in [9.17, 15) is 9.90 Å². The normalized spacial score (nSPS) is 10.2. The van der Waals surface area contributed by atoms with Gasteiger partial charge >= 0.3 is 0 Å². The Balaban J connectivity index is 2.32. The number of hydrogen-bond donors (Lipinski definition) is 3. The summed E-state index contributed by atoms with van der Waals surface area (Å²) < 4.78 is 0. The molecule has 0 aliphatic carbocycles. The minimum atomic E-state index is -0.321. The smallest absolute Gasteiger partial charge is 0.259 e. The molecule has 0 spiro atoms. The number of nitrogens with zero attached hydrogens (tertiary/aromatic N) is 1. The molecule has 0 bridgehead atoms. The number of aromatic hydroxyl groups is 1. The number of hydrogen-bond acceptors (Lipinski definition) is 4. The standard InChI is InChI=1S/C12H13N3O2/c1-2-9-10(16)14-12(15-11(9)17)13-8-6-4-3-5-7-8/h3-7H,2H2,1H3,(H3,13,14,15,16,17). The van der Waals surface area contributed by atoms with E-state index in [1.165, 1.54) is 0 Å². The molecular formula is C12H13N3O2. The van der Waals surface area contributed by atoms with Gasteiger partial charge in [-0.2, -0.15) is 4.98 Å². The fraction of sp³-hybridized carbons (Fsp3) is 0.167. The summed E-state index contributed by atoms with van der Waals surface area (Å²) in [6, 6.07) is 9.29. The Labute approximate surface area is 98.2 Å². The molecule has 0 atom stereocenters. The largest absolute Gasteiger partial charge is 0.493 e. The second kappa shape index (κ2) is 4.69. The predicted octanol–water partition coefficient (Wildman–Crippen LogP) is 1.78. The molecule has 5 heteroatoms. The molecule has 0 fully saturated rings. The number of H-pyrrole nitrogens is 1. The summed E-state index contributed by atoms with van der Waals surface area (Å²) in [5.41, 5.74) is 0.765. The molecule has 1 heterocycles. The summed E-state index contributed by atoms with van der Waals surface area (Å²) in [5, 5.41) is 12.5. The summed E-state index contributed by atoms with van der Waals surface area (Å²) in [7, 11) is 0. The molecule has 1 aromatic carbocycles. The van der Waals surface area contributed by atoms with Gasteiger partial charge < -0.3 is 10.4 Å². The van der Waals surface area contributed by atoms with Crippen molar-refractivity contribution in [3.05, 3.63) is 46.2 Å². The van der Waals surface area contributed by atoms with Gasteiger partial charge in [0.25, 0.3) is 5.56 Å². The maximum atomic E-state index is 11.6. The van der Waals surface area contributed by atoms with Crippen LogP contribution in [0.2, 0.25) is 0 Å². The Morgan fingerprint density at radius 2 is 2.06 bits per heavy atom. The summed E-state index contributed by atoms with van der Waals surface area (Å²) in [5.74, 6) is 0.00517. The van der Waals surface area contributed by atoms with E-state index in [4.69, 9.17) is 0 Å². The monoisotopic (exact) mass is 231 g/mol. The first-order chi connectivity index (χ1) is 8.20. The van der Waals surface area contributed by atoms with Gasteiger partial charge in [0.2, 0.25) is 11.8 Å². The molecule has 0 aliphatic rings. The van der Waals surface area contributed by atoms with Gasteiger partial charge in [-0.3, -0.25) is 9.78 Å². The van der Waals surface area contributed by atoms with Crippen LogP contribution in [0.4, 0.5) is 11.6 Å². The van der Waals surface area contributed by atoms with E-state index in [0.717, 1.165) is 5.69 Å². The molecule has 3 N–H and O–H groups in total. The van der Waals surface area contributed by atoms with Crippen LogP contribution in [0.3, 0.4) is 0 Å². The highest BCUT2D eigenvalue weighted by atomic mass is 16.3. The lowest BCUT2D eigenvalue weighted by atomic mass is 10.2. The van der Waals surface area contributed by atoms with Gasteiger partial charge in [0.1, 0.15) is 0 Å². The first kappa shape index (κ1) is 11.2. The van der Waals surface area contributed by atoms with E-state index >= 15 is 0 Å². The van der Waals surface area contributed by atoms with E-state index in [1.54, 1.807) is 6.92 Å². The molecule has 88 valence electrons. The highest BCUT2D eigenvalue weighted by Gasteiger charge is 2.08. The first-order valence-electron chi connectivity index (χ1n) is 5.35. The van der Waals surface area contributed by atoms with Gasteiger partial charge in [-0.25, -0.2) is 0 Å². The number of aromatic amines is 1. The van der Waals surface area contributed by atoms with Crippen molar-refractivity contribution >= 4 is 11.6 Å². The van der Waals surface area contributed by atoms with Crippen LogP contribution in [0.5, 0.6) is 5.88 Å². The minimum absolute atomic E-state index is 0.227. The molecule has 2 rings (SSSR count). The lowest BCUT2D eigenvalue weighted by Crippen LogP contribution is -2.15. The van der Waals surface area contributed by atoms with Crippen LogP contribution in [-0.4, -0.2) is 15.1 Å². The number of aromatic nitrogens is 2. The first-order valence-corrected chi connectivity index (χ1v) is 5.35. The quantitative estimate of drug-likeness (QED) is 0.752. The molecule has 0 unspecified atom stereocenters. The van der Waals surface area contributed by atoms with Gasteiger partial charge in [0.15, 0.2) is 0 Å². The van der Waals surface area contributed by atoms with Crippen LogP contribution in [-0.2, 0) is 6.42 Å². The zero-order chi connectivity index (χ0) is 12.3.